The Bertz CT molecular complexity index is 349. The number of rotatable bonds is 6. The third-order valence-electron chi connectivity index (χ3n) is 2.66. The lowest BCUT2D eigenvalue weighted by Gasteiger charge is -2.09. The van der Waals surface area contributed by atoms with Gasteiger partial charge < -0.3 is 0 Å². The molecule has 0 aliphatic rings. The fourth-order valence-corrected chi connectivity index (χ4v) is 1.98. The van der Waals surface area contributed by atoms with Crippen LogP contribution in [0.25, 0.3) is 0 Å². The third kappa shape index (κ3) is 5.24. The molecule has 1 aromatic rings. The van der Waals surface area contributed by atoms with E-state index in [2.05, 4.69) is 30.5 Å². The van der Waals surface area contributed by atoms with Gasteiger partial charge in [-0.1, -0.05) is 12.1 Å². The van der Waals surface area contributed by atoms with Crippen molar-refractivity contribution in [3.63, 3.8) is 0 Å². The second kappa shape index (κ2) is 7.35. The molecule has 0 atom stereocenters. The van der Waals surface area contributed by atoms with Gasteiger partial charge in [-0.05, 0) is 43.2 Å². The summed E-state index contributed by atoms with van der Waals surface area (Å²) in [4.78, 5) is 12.5. The van der Waals surface area contributed by atoms with Gasteiger partial charge in [0, 0.05) is 18.4 Å². The molecule has 0 aliphatic carbocycles. The summed E-state index contributed by atoms with van der Waals surface area (Å²) in [5.41, 5.74) is 1.33. The second-order valence-corrected chi connectivity index (χ2v) is 4.94. The zero-order chi connectivity index (χ0) is 12.7. The number of hydrazine groups is 1. The Balaban J connectivity index is 2.24. The van der Waals surface area contributed by atoms with Crippen LogP contribution in [0.5, 0.6) is 0 Å². The second-order valence-electron chi connectivity index (χ2n) is 4.06. The standard InChI is InChI=1S/C13H20N2OS/c1-15(14)13(16)6-4-3-5-11-7-9-12(17-2)10-8-11/h7-10H,3-6,14H2,1-2H3. The number of nitrogens with zero attached hydrogens (tertiary/aromatic N) is 1. The molecule has 3 nitrogen and oxygen atoms in total. The van der Waals surface area contributed by atoms with Gasteiger partial charge >= 0.3 is 0 Å². The highest BCUT2D eigenvalue weighted by atomic mass is 32.2. The highest BCUT2D eigenvalue weighted by Gasteiger charge is 2.03. The molecule has 0 bridgehead atoms. The predicted molar refractivity (Wildman–Crippen MR) is 72.7 cm³/mol. The molecule has 2 N–H and O–H groups in total. The first kappa shape index (κ1) is 14.1. The van der Waals surface area contributed by atoms with E-state index in [1.165, 1.54) is 10.5 Å². The summed E-state index contributed by atoms with van der Waals surface area (Å²) < 4.78 is 0. The van der Waals surface area contributed by atoms with Gasteiger partial charge in [0.25, 0.3) is 0 Å². The van der Waals surface area contributed by atoms with E-state index in [1.807, 2.05) is 0 Å². The molecule has 0 saturated heterocycles. The Morgan fingerprint density at radius 1 is 1.29 bits per heavy atom. The molecule has 0 spiro atoms. The van der Waals surface area contributed by atoms with Crippen LogP contribution in [-0.4, -0.2) is 24.2 Å². The molecule has 0 saturated carbocycles. The summed E-state index contributed by atoms with van der Waals surface area (Å²) in [7, 11) is 1.59. The van der Waals surface area contributed by atoms with Gasteiger partial charge in [-0.3, -0.25) is 9.80 Å². The van der Waals surface area contributed by atoms with Crippen molar-refractivity contribution in [1.82, 2.24) is 5.01 Å². The van der Waals surface area contributed by atoms with Gasteiger partial charge in [-0.2, -0.15) is 0 Å². The highest BCUT2D eigenvalue weighted by Crippen LogP contribution is 2.16. The van der Waals surface area contributed by atoms with E-state index in [4.69, 9.17) is 5.84 Å². The minimum atomic E-state index is 0.00253. The van der Waals surface area contributed by atoms with E-state index in [-0.39, 0.29) is 5.91 Å². The van der Waals surface area contributed by atoms with Gasteiger partial charge in [-0.25, -0.2) is 5.84 Å². The van der Waals surface area contributed by atoms with Gasteiger partial charge in [0.1, 0.15) is 0 Å². The lowest BCUT2D eigenvalue weighted by Crippen LogP contribution is -2.32. The average Bonchev–Trinajstić information content (AvgIpc) is 2.35. The predicted octanol–water partition coefficient (Wildman–Crippen LogP) is 2.45. The summed E-state index contributed by atoms with van der Waals surface area (Å²) in [6.45, 7) is 0. The Morgan fingerprint density at radius 3 is 2.47 bits per heavy atom. The zero-order valence-electron chi connectivity index (χ0n) is 10.5. The van der Waals surface area contributed by atoms with Crippen LogP contribution in [0.1, 0.15) is 24.8 Å². The fraction of sp³-hybridized carbons (Fsp3) is 0.462. The highest BCUT2D eigenvalue weighted by molar-refractivity contribution is 7.98. The number of carbonyl (C=O) groups excluding carboxylic acids is 1. The number of amides is 1. The first-order chi connectivity index (χ1) is 8.13. The summed E-state index contributed by atoms with van der Waals surface area (Å²) in [5.74, 6) is 5.35. The molecular formula is C13H20N2OS. The minimum Gasteiger partial charge on any atom is -0.284 e. The van der Waals surface area contributed by atoms with E-state index in [1.54, 1.807) is 18.8 Å². The van der Waals surface area contributed by atoms with Crippen LogP contribution in [0.15, 0.2) is 29.2 Å². The minimum absolute atomic E-state index is 0.00253. The Hall–Kier alpha value is -1.00. The van der Waals surface area contributed by atoms with E-state index in [9.17, 15) is 4.79 Å². The zero-order valence-corrected chi connectivity index (χ0v) is 11.3. The van der Waals surface area contributed by atoms with Crippen LogP contribution in [0.2, 0.25) is 0 Å². The van der Waals surface area contributed by atoms with Crippen LogP contribution < -0.4 is 5.84 Å². The van der Waals surface area contributed by atoms with Crippen LogP contribution in [0.3, 0.4) is 0 Å². The van der Waals surface area contributed by atoms with Crippen molar-refractivity contribution in [3.05, 3.63) is 29.8 Å². The summed E-state index contributed by atoms with van der Waals surface area (Å²) >= 11 is 1.75. The molecule has 0 aromatic heterocycles. The Morgan fingerprint density at radius 2 is 1.94 bits per heavy atom. The average molecular weight is 252 g/mol. The normalized spacial score (nSPS) is 10.3. The number of nitrogens with two attached hydrogens (primary N) is 1. The quantitative estimate of drug-likeness (QED) is 0.278. The molecular weight excluding hydrogens is 232 g/mol. The van der Waals surface area contributed by atoms with Crippen LogP contribution in [-0.2, 0) is 11.2 Å². The van der Waals surface area contributed by atoms with Gasteiger partial charge in [-0.15, -0.1) is 11.8 Å². The number of hydrogen-bond acceptors (Lipinski definition) is 3. The van der Waals surface area contributed by atoms with Crippen molar-refractivity contribution in [1.29, 1.82) is 0 Å². The first-order valence-corrected chi connectivity index (χ1v) is 7.00. The monoisotopic (exact) mass is 252 g/mol. The lowest BCUT2D eigenvalue weighted by atomic mass is 10.1. The maximum absolute atomic E-state index is 11.2. The Kier molecular flexibility index (Phi) is 6.08. The smallest absolute Gasteiger partial charge is 0.236 e. The van der Waals surface area contributed by atoms with E-state index in [0.717, 1.165) is 24.3 Å². The molecule has 0 radical (unpaired) electrons. The number of thioether (sulfide) groups is 1. The summed E-state index contributed by atoms with van der Waals surface area (Å²) in [5, 5.41) is 1.16. The maximum Gasteiger partial charge on any atom is 0.236 e. The fourth-order valence-electron chi connectivity index (χ4n) is 1.57. The number of carbonyl (C=O) groups is 1. The summed E-state index contributed by atoms with van der Waals surface area (Å²) in [6.07, 6.45) is 5.55. The molecule has 0 fully saturated rings. The number of hydrogen-bond donors (Lipinski definition) is 1. The molecule has 1 aromatic carbocycles. The van der Waals surface area contributed by atoms with E-state index < -0.39 is 0 Å². The molecule has 0 heterocycles. The van der Waals surface area contributed by atoms with E-state index >= 15 is 0 Å². The van der Waals surface area contributed by atoms with Crippen LogP contribution in [0, 0.1) is 0 Å². The van der Waals surface area contributed by atoms with Crippen molar-refractivity contribution < 1.29 is 4.79 Å². The molecule has 1 rings (SSSR count). The number of benzene rings is 1. The van der Waals surface area contributed by atoms with Gasteiger partial charge in [0.05, 0.1) is 0 Å². The third-order valence-corrected chi connectivity index (χ3v) is 3.40. The van der Waals surface area contributed by atoms with Crippen molar-refractivity contribution in [3.8, 4) is 0 Å². The topological polar surface area (TPSA) is 46.3 Å². The summed E-state index contributed by atoms with van der Waals surface area (Å²) in [6, 6.07) is 8.59. The molecule has 0 aliphatic heterocycles. The first-order valence-electron chi connectivity index (χ1n) is 5.77. The molecule has 94 valence electrons. The van der Waals surface area contributed by atoms with Crippen molar-refractivity contribution in [2.75, 3.05) is 13.3 Å². The number of unbranched alkanes of at least 4 members (excludes halogenated alkanes) is 1. The van der Waals surface area contributed by atoms with Crippen molar-refractivity contribution in [2.45, 2.75) is 30.6 Å². The van der Waals surface area contributed by atoms with Crippen LogP contribution in [0.4, 0.5) is 0 Å². The maximum atomic E-state index is 11.2. The lowest BCUT2D eigenvalue weighted by molar-refractivity contribution is -0.130. The SMILES string of the molecule is CSc1ccc(CCCCC(=O)N(C)N)cc1. The van der Waals surface area contributed by atoms with Crippen molar-refractivity contribution >= 4 is 17.7 Å². The van der Waals surface area contributed by atoms with Gasteiger partial charge in [0.2, 0.25) is 5.91 Å². The molecule has 1 amide bonds. The van der Waals surface area contributed by atoms with Crippen molar-refractivity contribution in [2.24, 2.45) is 5.84 Å². The van der Waals surface area contributed by atoms with Crippen LogP contribution >= 0.6 is 11.8 Å². The number of aryl methyl sites for hydroxylation is 1. The van der Waals surface area contributed by atoms with E-state index in [0.29, 0.717) is 6.42 Å². The largest absolute Gasteiger partial charge is 0.284 e. The molecule has 4 heteroatoms. The molecule has 0 unspecified atom stereocenters. The van der Waals surface area contributed by atoms with Gasteiger partial charge in [0.15, 0.2) is 0 Å². The Labute approximate surface area is 107 Å². The molecule has 17 heavy (non-hydrogen) atoms.